The molecule has 0 aliphatic rings. The molecule has 1 unspecified atom stereocenters. The fraction of sp³-hybridized carbons (Fsp3) is 0.545. The summed E-state index contributed by atoms with van der Waals surface area (Å²) in [5.41, 5.74) is 0. The van der Waals surface area contributed by atoms with Gasteiger partial charge in [-0.2, -0.15) is 5.26 Å². The molecule has 0 aliphatic carbocycles. The van der Waals surface area contributed by atoms with Crippen LogP contribution < -0.4 is 0 Å². The van der Waals surface area contributed by atoms with Gasteiger partial charge >= 0.3 is 0 Å². The monoisotopic (exact) mass is 222 g/mol. The number of carbonyl (C=O) groups excluding carboxylic acids is 1. The largest absolute Gasteiger partial charge is 0.292 e. The van der Waals surface area contributed by atoms with Crippen LogP contribution in [0.2, 0.25) is 0 Å². The fourth-order valence-electron chi connectivity index (χ4n) is 1.34. The van der Waals surface area contributed by atoms with Gasteiger partial charge in [-0.25, -0.2) is 4.98 Å². The van der Waals surface area contributed by atoms with Gasteiger partial charge in [-0.1, -0.05) is 13.8 Å². The Balaban J connectivity index is 2.79. The topological polar surface area (TPSA) is 53.8 Å². The van der Waals surface area contributed by atoms with Crippen LogP contribution in [0.25, 0.3) is 0 Å². The first-order chi connectivity index (χ1) is 7.04. The summed E-state index contributed by atoms with van der Waals surface area (Å²) in [6.07, 6.45) is 2.18. The van der Waals surface area contributed by atoms with Crippen molar-refractivity contribution in [2.24, 2.45) is 11.8 Å². The van der Waals surface area contributed by atoms with Crippen molar-refractivity contribution in [3.8, 4) is 6.07 Å². The molecule has 1 aromatic rings. The van der Waals surface area contributed by atoms with Gasteiger partial charge in [-0.3, -0.25) is 4.79 Å². The summed E-state index contributed by atoms with van der Waals surface area (Å²) in [4.78, 5) is 16.5. The third kappa shape index (κ3) is 3.14. The van der Waals surface area contributed by atoms with Crippen LogP contribution >= 0.6 is 11.3 Å². The molecule has 4 heteroatoms. The zero-order valence-corrected chi connectivity index (χ0v) is 9.97. The average molecular weight is 222 g/mol. The number of aryl methyl sites for hydroxylation is 1. The van der Waals surface area contributed by atoms with Crippen LogP contribution in [0, 0.1) is 30.1 Å². The van der Waals surface area contributed by atoms with Crippen LogP contribution in [0.1, 0.15) is 34.9 Å². The first-order valence-electron chi connectivity index (χ1n) is 4.91. The highest BCUT2D eigenvalue weighted by Gasteiger charge is 2.22. The lowest BCUT2D eigenvalue weighted by molar-refractivity contribution is 0.0941. The van der Waals surface area contributed by atoms with Crippen LogP contribution in [0.3, 0.4) is 0 Å². The number of nitrogens with zero attached hydrogens (tertiary/aromatic N) is 2. The molecule has 0 radical (unpaired) electrons. The lowest BCUT2D eigenvalue weighted by Crippen LogP contribution is -2.14. The molecule has 0 saturated carbocycles. The molecule has 0 saturated heterocycles. The van der Waals surface area contributed by atoms with Gasteiger partial charge < -0.3 is 0 Å². The average Bonchev–Trinajstić information content (AvgIpc) is 2.60. The maximum absolute atomic E-state index is 11.9. The lowest BCUT2D eigenvalue weighted by Gasteiger charge is -2.08. The minimum atomic E-state index is -0.523. The number of Topliss-reactive ketones (excluding diaryl/α,β-unsaturated/α-hetero) is 1. The van der Waals surface area contributed by atoms with E-state index in [-0.39, 0.29) is 5.78 Å². The molecule has 0 bridgehead atoms. The summed E-state index contributed by atoms with van der Waals surface area (Å²) in [7, 11) is 0. The Morgan fingerprint density at radius 1 is 1.67 bits per heavy atom. The second-order valence-electron chi connectivity index (χ2n) is 3.92. The normalized spacial score (nSPS) is 12.5. The molecule has 0 N–H and O–H groups in total. The highest BCUT2D eigenvalue weighted by atomic mass is 32.1. The second-order valence-corrected chi connectivity index (χ2v) is 5.15. The Morgan fingerprint density at radius 2 is 2.33 bits per heavy atom. The Labute approximate surface area is 93.8 Å². The van der Waals surface area contributed by atoms with Crippen molar-refractivity contribution in [1.29, 1.82) is 5.26 Å². The van der Waals surface area contributed by atoms with Crippen molar-refractivity contribution in [2.45, 2.75) is 27.2 Å². The third-order valence-corrected chi connectivity index (χ3v) is 2.97. The highest BCUT2D eigenvalue weighted by Crippen LogP contribution is 2.20. The van der Waals surface area contributed by atoms with Gasteiger partial charge in [0.1, 0.15) is 5.92 Å². The summed E-state index contributed by atoms with van der Waals surface area (Å²) in [6, 6.07) is 2.07. The molecule has 0 aromatic carbocycles. The third-order valence-electron chi connectivity index (χ3n) is 2.04. The van der Waals surface area contributed by atoms with E-state index in [0.29, 0.717) is 17.2 Å². The molecule has 0 aliphatic heterocycles. The molecule has 0 amide bonds. The standard InChI is InChI=1S/C11H14N2OS/c1-7(2)4-9(5-12)11(14)10-6-13-8(3)15-10/h6-7,9H,4H2,1-3H3. The number of carbonyl (C=O) groups is 1. The number of thiazole rings is 1. The van der Waals surface area contributed by atoms with Crippen LogP contribution in [-0.2, 0) is 0 Å². The predicted octanol–water partition coefficient (Wildman–Crippen LogP) is 2.82. The first kappa shape index (κ1) is 11.9. The van der Waals surface area contributed by atoms with Crippen molar-refractivity contribution >= 4 is 17.1 Å². The van der Waals surface area contributed by atoms with Crippen molar-refractivity contribution < 1.29 is 4.79 Å². The van der Waals surface area contributed by atoms with Crippen molar-refractivity contribution in [3.63, 3.8) is 0 Å². The van der Waals surface area contributed by atoms with Gasteiger partial charge in [0, 0.05) is 6.20 Å². The number of aromatic nitrogens is 1. The zero-order chi connectivity index (χ0) is 11.4. The minimum Gasteiger partial charge on any atom is -0.292 e. The Morgan fingerprint density at radius 3 is 2.73 bits per heavy atom. The summed E-state index contributed by atoms with van der Waals surface area (Å²) >= 11 is 1.35. The van der Waals surface area contributed by atoms with E-state index in [0.717, 1.165) is 5.01 Å². The van der Waals surface area contributed by atoms with Crippen LogP contribution in [0.4, 0.5) is 0 Å². The number of hydrogen-bond donors (Lipinski definition) is 0. The number of hydrogen-bond acceptors (Lipinski definition) is 4. The van der Waals surface area contributed by atoms with Gasteiger partial charge in [-0.05, 0) is 19.3 Å². The number of ketones is 1. The van der Waals surface area contributed by atoms with Gasteiger partial charge in [0.05, 0.1) is 16.0 Å². The van der Waals surface area contributed by atoms with E-state index in [1.54, 1.807) is 6.20 Å². The van der Waals surface area contributed by atoms with E-state index in [9.17, 15) is 4.79 Å². The van der Waals surface area contributed by atoms with E-state index in [2.05, 4.69) is 11.1 Å². The SMILES string of the molecule is Cc1ncc(C(=O)C(C#N)CC(C)C)s1. The van der Waals surface area contributed by atoms with Crippen molar-refractivity contribution in [1.82, 2.24) is 4.98 Å². The predicted molar refractivity (Wildman–Crippen MR) is 59.7 cm³/mol. The minimum absolute atomic E-state index is 0.0863. The molecular weight excluding hydrogens is 208 g/mol. The van der Waals surface area contributed by atoms with E-state index in [1.165, 1.54) is 11.3 Å². The van der Waals surface area contributed by atoms with Crippen molar-refractivity contribution in [2.75, 3.05) is 0 Å². The van der Waals surface area contributed by atoms with Gasteiger partial charge in [0.25, 0.3) is 0 Å². The molecule has 3 nitrogen and oxygen atoms in total. The molecule has 1 heterocycles. The molecular formula is C11H14N2OS. The fourth-order valence-corrected chi connectivity index (χ4v) is 2.11. The van der Waals surface area contributed by atoms with E-state index >= 15 is 0 Å². The maximum atomic E-state index is 11.9. The van der Waals surface area contributed by atoms with Gasteiger partial charge in [0.15, 0.2) is 5.78 Å². The lowest BCUT2D eigenvalue weighted by atomic mass is 9.94. The Hall–Kier alpha value is -1.21. The Bertz CT molecular complexity index is 390. The smallest absolute Gasteiger partial charge is 0.191 e. The summed E-state index contributed by atoms with van der Waals surface area (Å²) < 4.78 is 0. The number of rotatable bonds is 4. The van der Waals surface area contributed by atoms with Gasteiger partial charge in [0.2, 0.25) is 0 Å². The molecule has 1 rings (SSSR count). The van der Waals surface area contributed by atoms with Crippen LogP contribution in [0.5, 0.6) is 0 Å². The van der Waals surface area contributed by atoms with Gasteiger partial charge in [-0.15, -0.1) is 11.3 Å². The van der Waals surface area contributed by atoms with Crippen LogP contribution in [-0.4, -0.2) is 10.8 Å². The molecule has 1 atom stereocenters. The molecule has 0 spiro atoms. The molecule has 1 aromatic heterocycles. The van der Waals surface area contributed by atoms with E-state index in [4.69, 9.17) is 5.26 Å². The van der Waals surface area contributed by atoms with Crippen LogP contribution in [0.15, 0.2) is 6.20 Å². The van der Waals surface area contributed by atoms with E-state index < -0.39 is 5.92 Å². The summed E-state index contributed by atoms with van der Waals surface area (Å²) in [5.74, 6) is -0.255. The maximum Gasteiger partial charge on any atom is 0.191 e. The molecule has 15 heavy (non-hydrogen) atoms. The first-order valence-corrected chi connectivity index (χ1v) is 5.72. The summed E-state index contributed by atoms with van der Waals surface area (Å²) in [6.45, 7) is 5.87. The second kappa shape index (κ2) is 5.04. The van der Waals surface area contributed by atoms with E-state index in [1.807, 2.05) is 20.8 Å². The Kier molecular flexibility index (Phi) is 3.98. The highest BCUT2D eigenvalue weighted by molar-refractivity contribution is 7.13. The molecule has 80 valence electrons. The van der Waals surface area contributed by atoms with Crippen molar-refractivity contribution in [3.05, 3.63) is 16.1 Å². The summed E-state index contributed by atoms with van der Waals surface area (Å²) in [5, 5.41) is 9.79. The number of nitriles is 1. The zero-order valence-electron chi connectivity index (χ0n) is 9.15. The molecule has 0 fully saturated rings. The quantitative estimate of drug-likeness (QED) is 0.736.